The molecule has 1 aromatic carbocycles. The van der Waals surface area contributed by atoms with Gasteiger partial charge < -0.3 is 20.5 Å². The predicted octanol–water partition coefficient (Wildman–Crippen LogP) is 0.0793. The lowest BCUT2D eigenvalue weighted by Crippen LogP contribution is -2.40. The lowest BCUT2D eigenvalue weighted by molar-refractivity contribution is -0.141. The van der Waals surface area contributed by atoms with Crippen molar-refractivity contribution in [2.24, 2.45) is 0 Å². The summed E-state index contributed by atoms with van der Waals surface area (Å²) in [5.41, 5.74) is 6.13. The van der Waals surface area contributed by atoms with Crippen LogP contribution in [0, 0.1) is 0 Å². The van der Waals surface area contributed by atoms with E-state index in [0.29, 0.717) is 24.5 Å². The number of rotatable bonds is 4. The molecule has 1 saturated heterocycles. The number of hydrogen-bond acceptors (Lipinski definition) is 5. The summed E-state index contributed by atoms with van der Waals surface area (Å²) in [4.78, 5) is 22.7. The zero-order valence-corrected chi connectivity index (χ0v) is 9.72. The minimum Gasteiger partial charge on any atom is -0.482 e. The van der Waals surface area contributed by atoms with Gasteiger partial charge in [-0.25, -0.2) is 4.79 Å². The minimum absolute atomic E-state index is 0.183. The van der Waals surface area contributed by atoms with Gasteiger partial charge >= 0.3 is 5.97 Å². The van der Waals surface area contributed by atoms with E-state index in [4.69, 9.17) is 15.2 Å². The standard InChI is InChI=1S/C12H14N2O4/c13-8-3-1-2-4-10(8)18-7-11(15)14-9-5-6-17-12(9)16/h1-4,9H,5-7,13H2,(H,14,15). The molecule has 1 aliphatic heterocycles. The number of benzene rings is 1. The minimum atomic E-state index is -0.561. The van der Waals surface area contributed by atoms with Crippen LogP contribution in [0.5, 0.6) is 5.75 Å². The van der Waals surface area contributed by atoms with Gasteiger partial charge in [0.25, 0.3) is 5.91 Å². The fraction of sp³-hybridized carbons (Fsp3) is 0.333. The molecular weight excluding hydrogens is 236 g/mol. The Bertz CT molecular complexity index is 461. The molecule has 1 heterocycles. The molecule has 0 aliphatic carbocycles. The smallest absolute Gasteiger partial charge is 0.328 e. The fourth-order valence-electron chi connectivity index (χ4n) is 1.62. The van der Waals surface area contributed by atoms with E-state index < -0.39 is 12.0 Å². The van der Waals surface area contributed by atoms with Crippen molar-refractivity contribution in [1.29, 1.82) is 0 Å². The second kappa shape index (κ2) is 5.39. The third-order valence-corrected chi connectivity index (χ3v) is 2.55. The average molecular weight is 250 g/mol. The Kier molecular flexibility index (Phi) is 3.66. The molecule has 1 fully saturated rings. The van der Waals surface area contributed by atoms with Crippen molar-refractivity contribution in [2.75, 3.05) is 18.9 Å². The monoisotopic (exact) mass is 250 g/mol. The molecule has 0 saturated carbocycles. The van der Waals surface area contributed by atoms with E-state index in [1.165, 1.54) is 0 Å². The second-order valence-corrected chi connectivity index (χ2v) is 3.90. The van der Waals surface area contributed by atoms with E-state index in [1.807, 2.05) is 0 Å². The molecule has 1 aliphatic rings. The zero-order valence-electron chi connectivity index (χ0n) is 9.72. The van der Waals surface area contributed by atoms with Crippen LogP contribution in [0.4, 0.5) is 5.69 Å². The van der Waals surface area contributed by atoms with E-state index in [2.05, 4.69) is 5.32 Å². The molecule has 96 valence electrons. The van der Waals surface area contributed by atoms with Crippen molar-refractivity contribution in [3.8, 4) is 5.75 Å². The number of cyclic esters (lactones) is 1. The summed E-state index contributed by atoms with van der Waals surface area (Å²) < 4.78 is 9.99. The van der Waals surface area contributed by atoms with Gasteiger partial charge in [0.15, 0.2) is 6.61 Å². The van der Waals surface area contributed by atoms with Crippen molar-refractivity contribution in [2.45, 2.75) is 12.5 Å². The van der Waals surface area contributed by atoms with Gasteiger partial charge in [0.05, 0.1) is 12.3 Å². The first-order chi connectivity index (χ1) is 8.66. The summed E-state index contributed by atoms with van der Waals surface area (Å²) >= 11 is 0. The van der Waals surface area contributed by atoms with Crippen molar-refractivity contribution >= 4 is 17.6 Å². The highest BCUT2D eigenvalue weighted by Gasteiger charge is 2.27. The molecule has 2 rings (SSSR count). The molecular formula is C12H14N2O4. The van der Waals surface area contributed by atoms with Crippen LogP contribution in [-0.4, -0.2) is 31.1 Å². The SMILES string of the molecule is Nc1ccccc1OCC(=O)NC1CCOC1=O. The molecule has 18 heavy (non-hydrogen) atoms. The maximum absolute atomic E-state index is 11.5. The molecule has 0 bridgehead atoms. The second-order valence-electron chi connectivity index (χ2n) is 3.90. The lowest BCUT2D eigenvalue weighted by atomic mass is 10.2. The number of carbonyl (C=O) groups is 2. The van der Waals surface area contributed by atoms with E-state index >= 15 is 0 Å². The van der Waals surface area contributed by atoms with E-state index in [1.54, 1.807) is 24.3 Å². The maximum Gasteiger partial charge on any atom is 0.328 e. The normalized spacial score (nSPS) is 18.2. The highest BCUT2D eigenvalue weighted by atomic mass is 16.5. The highest BCUT2D eigenvalue weighted by Crippen LogP contribution is 2.19. The van der Waals surface area contributed by atoms with Crippen molar-refractivity contribution in [3.05, 3.63) is 24.3 Å². The topological polar surface area (TPSA) is 90.7 Å². The molecule has 0 spiro atoms. The van der Waals surface area contributed by atoms with Gasteiger partial charge in [0.1, 0.15) is 11.8 Å². The Labute approximate surface area is 104 Å². The number of para-hydroxylation sites is 2. The summed E-state index contributed by atoms with van der Waals surface area (Å²) in [5.74, 6) is -0.327. The summed E-state index contributed by atoms with van der Waals surface area (Å²) in [6.45, 7) is 0.161. The van der Waals surface area contributed by atoms with Crippen molar-refractivity contribution in [3.63, 3.8) is 0 Å². The first-order valence-electron chi connectivity index (χ1n) is 5.60. The van der Waals surface area contributed by atoms with Gasteiger partial charge in [0, 0.05) is 6.42 Å². The molecule has 1 amide bonds. The van der Waals surface area contributed by atoms with Crippen LogP contribution in [0.3, 0.4) is 0 Å². The summed E-state index contributed by atoms with van der Waals surface area (Å²) in [5, 5.41) is 2.54. The highest BCUT2D eigenvalue weighted by molar-refractivity contribution is 5.86. The number of esters is 1. The average Bonchev–Trinajstić information content (AvgIpc) is 2.74. The Balaban J connectivity index is 1.82. The van der Waals surface area contributed by atoms with Gasteiger partial charge in [0.2, 0.25) is 0 Å². The third-order valence-electron chi connectivity index (χ3n) is 2.55. The molecule has 1 aromatic rings. The van der Waals surface area contributed by atoms with Crippen LogP contribution >= 0.6 is 0 Å². The van der Waals surface area contributed by atoms with Crippen LogP contribution in [0.25, 0.3) is 0 Å². The third kappa shape index (κ3) is 2.91. The van der Waals surface area contributed by atoms with Crippen LogP contribution in [0.15, 0.2) is 24.3 Å². The van der Waals surface area contributed by atoms with Gasteiger partial charge in [-0.15, -0.1) is 0 Å². The van der Waals surface area contributed by atoms with Crippen LogP contribution in [0.1, 0.15) is 6.42 Å². The number of nitrogens with one attached hydrogen (secondary N) is 1. The van der Waals surface area contributed by atoms with E-state index in [-0.39, 0.29) is 12.5 Å². The largest absolute Gasteiger partial charge is 0.482 e. The first-order valence-corrected chi connectivity index (χ1v) is 5.60. The fourth-order valence-corrected chi connectivity index (χ4v) is 1.62. The molecule has 1 atom stereocenters. The predicted molar refractivity (Wildman–Crippen MR) is 63.9 cm³/mol. The Morgan fingerprint density at radius 2 is 2.28 bits per heavy atom. The number of amides is 1. The zero-order chi connectivity index (χ0) is 13.0. The Morgan fingerprint density at radius 1 is 1.50 bits per heavy atom. The van der Waals surface area contributed by atoms with Gasteiger partial charge in [-0.3, -0.25) is 4.79 Å². The van der Waals surface area contributed by atoms with Gasteiger partial charge in [-0.1, -0.05) is 12.1 Å². The van der Waals surface area contributed by atoms with Gasteiger partial charge in [-0.2, -0.15) is 0 Å². The van der Waals surface area contributed by atoms with Crippen molar-refractivity contribution < 1.29 is 19.1 Å². The number of anilines is 1. The molecule has 1 unspecified atom stereocenters. The summed E-state index contributed by atoms with van der Waals surface area (Å²) in [7, 11) is 0. The number of nitrogens with two attached hydrogens (primary N) is 1. The van der Waals surface area contributed by atoms with Crippen LogP contribution in [-0.2, 0) is 14.3 Å². The van der Waals surface area contributed by atoms with E-state index in [0.717, 1.165) is 0 Å². The number of nitrogen functional groups attached to an aromatic ring is 1. The first kappa shape index (κ1) is 12.2. The van der Waals surface area contributed by atoms with Crippen LogP contribution in [0.2, 0.25) is 0 Å². The molecule has 0 aromatic heterocycles. The number of carbonyl (C=O) groups excluding carboxylic acids is 2. The number of ether oxygens (including phenoxy) is 2. The quantitative estimate of drug-likeness (QED) is 0.583. The molecule has 3 N–H and O–H groups in total. The van der Waals surface area contributed by atoms with E-state index in [9.17, 15) is 9.59 Å². The molecule has 0 radical (unpaired) electrons. The Hall–Kier alpha value is -2.24. The Morgan fingerprint density at radius 3 is 2.94 bits per heavy atom. The van der Waals surface area contributed by atoms with Crippen molar-refractivity contribution in [1.82, 2.24) is 5.32 Å². The lowest BCUT2D eigenvalue weighted by Gasteiger charge is -2.11. The summed E-state index contributed by atoms with van der Waals surface area (Å²) in [6, 6.07) is 6.33. The molecule has 6 nitrogen and oxygen atoms in total. The maximum atomic E-state index is 11.5. The molecule has 6 heteroatoms. The number of hydrogen-bond donors (Lipinski definition) is 2. The van der Waals surface area contributed by atoms with Gasteiger partial charge in [-0.05, 0) is 12.1 Å². The summed E-state index contributed by atoms with van der Waals surface area (Å²) in [6.07, 6.45) is 0.498. The van der Waals surface area contributed by atoms with Crippen LogP contribution < -0.4 is 15.8 Å².